The molecular formula is C16H19N3OS. The second-order valence-corrected chi connectivity index (χ2v) is 6.09. The Kier molecular flexibility index (Phi) is 4.29. The topological polar surface area (TPSA) is 49.0 Å². The number of thioether (sulfide) groups is 1. The van der Waals surface area contributed by atoms with Gasteiger partial charge in [-0.15, -0.1) is 11.8 Å². The third-order valence-corrected chi connectivity index (χ3v) is 4.82. The largest absolute Gasteiger partial charge is 0.347 e. The van der Waals surface area contributed by atoms with Crippen molar-refractivity contribution in [2.24, 2.45) is 0 Å². The minimum absolute atomic E-state index is 0.154. The highest BCUT2D eigenvalue weighted by Crippen LogP contribution is 2.31. The Bertz CT molecular complexity index is 612. The number of rotatable bonds is 4. The molecule has 1 aromatic heterocycles. The second kappa shape index (κ2) is 6.35. The molecule has 110 valence electrons. The van der Waals surface area contributed by atoms with Gasteiger partial charge in [-0.05, 0) is 30.7 Å². The van der Waals surface area contributed by atoms with Gasteiger partial charge in [0.05, 0.1) is 30.7 Å². The Balaban J connectivity index is 1.75. The van der Waals surface area contributed by atoms with Crippen LogP contribution in [0.2, 0.25) is 0 Å². The predicted molar refractivity (Wildman–Crippen MR) is 84.2 cm³/mol. The van der Waals surface area contributed by atoms with Gasteiger partial charge >= 0.3 is 0 Å². The van der Waals surface area contributed by atoms with Crippen molar-refractivity contribution in [2.75, 3.05) is 12.8 Å². The van der Waals surface area contributed by atoms with Crippen molar-refractivity contribution in [1.82, 2.24) is 14.9 Å². The molecule has 1 N–H and O–H groups in total. The third-order valence-electron chi connectivity index (χ3n) is 3.99. The van der Waals surface area contributed by atoms with E-state index in [2.05, 4.69) is 16.0 Å². The van der Waals surface area contributed by atoms with Gasteiger partial charge in [0.1, 0.15) is 0 Å². The first-order valence-corrected chi connectivity index (χ1v) is 8.41. The molecule has 1 fully saturated rings. The molecule has 0 bridgehead atoms. The standard InChI is InChI=1S/C16H19N3OS/c1-21-15-7-3-2-5-12(15)9-16(20)19-8-4-6-14(19)13-10-17-11-18-13/h2-3,5,7,10-11,14H,4,6,8-9H2,1H3,(H,17,18)/t14-/m1/s1. The molecule has 4 nitrogen and oxygen atoms in total. The van der Waals surface area contributed by atoms with E-state index in [1.165, 1.54) is 4.90 Å². The highest BCUT2D eigenvalue weighted by molar-refractivity contribution is 7.98. The quantitative estimate of drug-likeness (QED) is 0.883. The van der Waals surface area contributed by atoms with Crippen LogP contribution in [-0.4, -0.2) is 33.6 Å². The van der Waals surface area contributed by atoms with Crippen LogP contribution < -0.4 is 0 Å². The minimum Gasteiger partial charge on any atom is -0.347 e. The fraction of sp³-hybridized carbons (Fsp3) is 0.375. The number of carbonyl (C=O) groups excluding carboxylic acids is 1. The Morgan fingerprint density at radius 1 is 1.48 bits per heavy atom. The summed E-state index contributed by atoms with van der Waals surface area (Å²) in [4.78, 5) is 23.1. The van der Waals surface area contributed by atoms with Crippen molar-refractivity contribution in [2.45, 2.75) is 30.2 Å². The van der Waals surface area contributed by atoms with Crippen LogP contribution in [0.5, 0.6) is 0 Å². The Morgan fingerprint density at radius 2 is 2.33 bits per heavy atom. The fourth-order valence-electron chi connectivity index (χ4n) is 2.95. The first kappa shape index (κ1) is 14.2. The van der Waals surface area contributed by atoms with E-state index in [9.17, 15) is 4.79 Å². The molecule has 1 aliphatic heterocycles. The summed E-state index contributed by atoms with van der Waals surface area (Å²) >= 11 is 1.69. The van der Waals surface area contributed by atoms with E-state index in [0.717, 1.165) is 30.6 Å². The van der Waals surface area contributed by atoms with Gasteiger partial charge in [0.25, 0.3) is 0 Å². The van der Waals surface area contributed by atoms with Crippen LogP contribution >= 0.6 is 11.8 Å². The lowest BCUT2D eigenvalue weighted by atomic mass is 10.1. The van der Waals surface area contributed by atoms with Crippen LogP contribution in [0, 0.1) is 0 Å². The molecule has 0 saturated carbocycles. The molecule has 5 heteroatoms. The lowest BCUT2D eigenvalue weighted by Gasteiger charge is -2.24. The number of carbonyl (C=O) groups is 1. The van der Waals surface area contributed by atoms with Gasteiger partial charge in [0.15, 0.2) is 0 Å². The fourth-order valence-corrected chi connectivity index (χ4v) is 3.57. The van der Waals surface area contributed by atoms with Crippen LogP contribution in [0.4, 0.5) is 0 Å². The molecule has 1 aliphatic rings. The summed E-state index contributed by atoms with van der Waals surface area (Å²) in [5.74, 6) is 0.202. The molecule has 0 aliphatic carbocycles. The molecule has 0 unspecified atom stereocenters. The number of aromatic nitrogens is 2. The van der Waals surface area contributed by atoms with Crippen molar-refractivity contribution in [3.63, 3.8) is 0 Å². The van der Waals surface area contributed by atoms with Gasteiger partial charge in [-0.3, -0.25) is 4.79 Å². The minimum atomic E-state index is 0.154. The zero-order chi connectivity index (χ0) is 14.7. The van der Waals surface area contributed by atoms with Crippen molar-refractivity contribution in [1.29, 1.82) is 0 Å². The summed E-state index contributed by atoms with van der Waals surface area (Å²) in [5, 5.41) is 0. The average molecular weight is 301 g/mol. The maximum absolute atomic E-state index is 12.7. The summed E-state index contributed by atoms with van der Waals surface area (Å²) in [5.41, 5.74) is 2.16. The Labute approximate surface area is 129 Å². The number of imidazole rings is 1. The van der Waals surface area contributed by atoms with Gasteiger partial charge < -0.3 is 9.88 Å². The maximum atomic E-state index is 12.7. The summed E-state index contributed by atoms with van der Waals surface area (Å²) in [6.07, 6.45) is 8.09. The van der Waals surface area contributed by atoms with Gasteiger partial charge in [0, 0.05) is 11.4 Å². The van der Waals surface area contributed by atoms with E-state index in [1.807, 2.05) is 35.6 Å². The summed E-state index contributed by atoms with van der Waals surface area (Å²) < 4.78 is 0. The molecule has 1 aromatic carbocycles. The van der Waals surface area contributed by atoms with E-state index >= 15 is 0 Å². The number of amides is 1. The first-order valence-electron chi connectivity index (χ1n) is 7.19. The number of benzene rings is 1. The van der Waals surface area contributed by atoms with Crippen molar-refractivity contribution in [3.05, 3.63) is 48.0 Å². The molecular weight excluding hydrogens is 282 g/mol. The number of nitrogens with one attached hydrogen (secondary N) is 1. The van der Waals surface area contributed by atoms with Gasteiger partial charge in [-0.2, -0.15) is 0 Å². The van der Waals surface area contributed by atoms with Crippen LogP contribution in [0.1, 0.15) is 30.1 Å². The SMILES string of the molecule is CSc1ccccc1CC(=O)N1CCC[C@@H]1c1cnc[nH]1. The Hall–Kier alpha value is -1.75. The molecule has 2 aromatic rings. The molecule has 1 amide bonds. The molecule has 0 spiro atoms. The highest BCUT2D eigenvalue weighted by atomic mass is 32.2. The zero-order valence-corrected chi connectivity index (χ0v) is 12.9. The van der Waals surface area contributed by atoms with E-state index in [1.54, 1.807) is 18.1 Å². The van der Waals surface area contributed by atoms with Crippen molar-refractivity contribution < 1.29 is 4.79 Å². The Morgan fingerprint density at radius 3 is 3.10 bits per heavy atom. The first-order chi connectivity index (χ1) is 10.3. The monoisotopic (exact) mass is 301 g/mol. The number of hydrogen-bond acceptors (Lipinski definition) is 3. The van der Waals surface area contributed by atoms with Crippen LogP contribution in [0.15, 0.2) is 41.7 Å². The number of nitrogens with zero attached hydrogens (tertiary/aromatic N) is 2. The molecule has 1 saturated heterocycles. The zero-order valence-electron chi connectivity index (χ0n) is 12.1. The van der Waals surface area contributed by atoms with Gasteiger partial charge in [-0.1, -0.05) is 18.2 Å². The van der Waals surface area contributed by atoms with E-state index in [0.29, 0.717) is 6.42 Å². The van der Waals surface area contributed by atoms with E-state index < -0.39 is 0 Å². The van der Waals surface area contributed by atoms with Gasteiger partial charge in [0.2, 0.25) is 5.91 Å². The third kappa shape index (κ3) is 2.97. The summed E-state index contributed by atoms with van der Waals surface area (Å²) in [6.45, 7) is 0.837. The van der Waals surface area contributed by atoms with Crippen molar-refractivity contribution >= 4 is 17.7 Å². The lowest BCUT2D eigenvalue weighted by molar-refractivity contribution is -0.131. The summed E-state index contributed by atoms with van der Waals surface area (Å²) in [6, 6.07) is 8.29. The predicted octanol–water partition coefficient (Wildman–Crippen LogP) is 3.04. The van der Waals surface area contributed by atoms with Crippen LogP contribution in [-0.2, 0) is 11.2 Å². The summed E-state index contributed by atoms with van der Waals surface area (Å²) in [7, 11) is 0. The number of likely N-dealkylation sites (tertiary alicyclic amines) is 1. The van der Waals surface area contributed by atoms with E-state index in [-0.39, 0.29) is 11.9 Å². The van der Waals surface area contributed by atoms with Crippen LogP contribution in [0.25, 0.3) is 0 Å². The molecule has 21 heavy (non-hydrogen) atoms. The van der Waals surface area contributed by atoms with Crippen molar-refractivity contribution in [3.8, 4) is 0 Å². The van der Waals surface area contributed by atoms with Crippen LogP contribution in [0.3, 0.4) is 0 Å². The molecule has 1 atom stereocenters. The second-order valence-electron chi connectivity index (χ2n) is 5.24. The number of aromatic amines is 1. The van der Waals surface area contributed by atoms with E-state index in [4.69, 9.17) is 0 Å². The highest BCUT2D eigenvalue weighted by Gasteiger charge is 2.30. The van der Waals surface area contributed by atoms with Gasteiger partial charge in [-0.25, -0.2) is 4.98 Å². The number of hydrogen-bond donors (Lipinski definition) is 1. The number of H-pyrrole nitrogens is 1. The molecule has 2 heterocycles. The lowest BCUT2D eigenvalue weighted by Crippen LogP contribution is -2.32. The smallest absolute Gasteiger partial charge is 0.227 e. The maximum Gasteiger partial charge on any atom is 0.227 e. The average Bonchev–Trinajstić information content (AvgIpc) is 3.18. The molecule has 3 rings (SSSR count). The normalized spacial score (nSPS) is 18.1. The molecule has 0 radical (unpaired) electrons.